The van der Waals surface area contributed by atoms with E-state index in [4.69, 9.17) is 15.6 Å². The predicted octanol–water partition coefficient (Wildman–Crippen LogP) is 4.44. The molecule has 0 radical (unpaired) electrons. The normalized spacial score (nSPS) is 12.5. The van der Waals surface area contributed by atoms with Gasteiger partial charge in [0.15, 0.2) is 0 Å². The predicted molar refractivity (Wildman–Crippen MR) is 182 cm³/mol. The Bertz CT molecular complexity index is 1640. The highest BCUT2D eigenvalue weighted by Gasteiger charge is 2.39. The number of aliphatic hydroxyl groups excluding tert-OH is 1. The number of rotatable bonds is 13. The molecule has 0 fully saturated rings. The maximum Gasteiger partial charge on any atom is 0.408 e. The van der Waals surface area contributed by atoms with Gasteiger partial charge in [-0.1, -0.05) is 51.1 Å². The third-order valence-corrected chi connectivity index (χ3v) is 7.28. The summed E-state index contributed by atoms with van der Waals surface area (Å²) >= 11 is 0. The lowest BCUT2D eigenvalue weighted by Gasteiger charge is -2.40. The number of ether oxygens (including phenoxy) is 1. The second kappa shape index (κ2) is 18.3. The molecule has 0 spiro atoms. The quantitative estimate of drug-likeness (QED) is 0.113. The maximum absolute atomic E-state index is 15.0. The third-order valence-electron chi connectivity index (χ3n) is 7.28. The molecule has 0 saturated carbocycles. The van der Waals surface area contributed by atoms with Crippen molar-refractivity contribution >= 4 is 23.9 Å². The first kappa shape index (κ1) is 42.2. The fourth-order valence-corrected chi connectivity index (χ4v) is 5.26. The topological polar surface area (TPSA) is 180 Å². The van der Waals surface area contributed by atoms with E-state index in [1.807, 2.05) is 51.1 Å². The summed E-state index contributed by atoms with van der Waals surface area (Å²) in [5.41, 5.74) is -0.917. The summed E-state index contributed by atoms with van der Waals surface area (Å²) in [6, 6.07) is 9.85. The lowest BCUT2D eigenvalue weighted by Crippen LogP contribution is -2.54. The van der Waals surface area contributed by atoms with E-state index in [1.165, 1.54) is 4.90 Å². The van der Waals surface area contributed by atoms with Gasteiger partial charge in [-0.2, -0.15) is 0 Å². The van der Waals surface area contributed by atoms with E-state index in [2.05, 4.69) is 5.32 Å². The van der Waals surface area contributed by atoms with Crippen molar-refractivity contribution in [3.63, 3.8) is 0 Å². The second-order valence-corrected chi connectivity index (χ2v) is 13.6. The van der Waals surface area contributed by atoms with Crippen LogP contribution in [0.15, 0.2) is 54.7 Å². The largest absolute Gasteiger partial charge is 0.480 e. The number of hydrazine groups is 1. The first-order valence-corrected chi connectivity index (χ1v) is 15.9. The summed E-state index contributed by atoms with van der Waals surface area (Å²) < 4.78 is 45.8. The first-order chi connectivity index (χ1) is 23.8. The highest BCUT2D eigenvalue weighted by molar-refractivity contribution is 5.87. The minimum absolute atomic E-state index is 0.0978. The summed E-state index contributed by atoms with van der Waals surface area (Å²) in [5.74, 6) is 1.49. The van der Waals surface area contributed by atoms with Crippen molar-refractivity contribution in [2.45, 2.75) is 72.2 Å². The van der Waals surface area contributed by atoms with Crippen molar-refractivity contribution in [2.24, 2.45) is 11.3 Å². The van der Waals surface area contributed by atoms with Crippen molar-refractivity contribution < 1.29 is 47.3 Å². The number of hydrogen-bond donors (Lipinski definition) is 4. The van der Waals surface area contributed by atoms with E-state index < -0.39 is 71.8 Å². The van der Waals surface area contributed by atoms with Gasteiger partial charge in [-0.05, 0) is 56.4 Å². The van der Waals surface area contributed by atoms with Crippen LogP contribution in [0.1, 0.15) is 65.4 Å². The molecule has 0 aliphatic carbocycles. The van der Waals surface area contributed by atoms with Crippen molar-refractivity contribution in [1.29, 1.82) is 0 Å². The van der Waals surface area contributed by atoms with Gasteiger partial charge in [-0.25, -0.2) is 24.4 Å². The number of aliphatic carboxylic acids is 1. The van der Waals surface area contributed by atoms with Gasteiger partial charge in [0, 0.05) is 24.8 Å². The van der Waals surface area contributed by atoms with Crippen LogP contribution in [0.4, 0.5) is 18.0 Å². The molecule has 3 amide bonds. The molecule has 5 N–H and O–H groups in total. The molecule has 1 heterocycles. The lowest BCUT2D eigenvalue weighted by molar-refractivity contribution is -0.146. The molecular weight excluding hydrogens is 673 g/mol. The SMILES string of the molecule is CC(C)(C)OC(=O)NC(CCN(C(=O)CO)C(c1nc(-c2cc(F)ccc2F)cn1Cc1ccccc1)C(C)(C)C)C(=O)N(N)CC(=O)O.CF. The van der Waals surface area contributed by atoms with Crippen LogP contribution < -0.4 is 11.2 Å². The number of aliphatic hydroxyl groups is 1. The van der Waals surface area contributed by atoms with Gasteiger partial charge in [0.25, 0.3) is 5.91 Å². The van der Waals surface area contributed by atoms with Crippen LogP contribution in [0, 0.1) is 17.0 Å². The van der Waals surface area contributed by atoms with E-state index in [0.29, 0.717) is 12.2 Å². The molecular formula is C35H47F3N6O7. The smallest absolute Gasteiger partial charge is 0.408 e. The van der Waals surface area contributed by atoms with Gasteiger partial charge in [-0.15, -0.1) is 0 Å². The molecule has 280 valence electrons. The Morgan fingerprint density at radius 2 is 1.65 bits per heavy atom. The number of amides is 3. The number of imidazole rings is 1. The number of benzene rings is 2. The number of nitrogens with two attached hydrogens (primary N) is 1. The Labute approximate surface area is 295 Å². The summed E-state index contributed by atoms with van der Waals surface area (Å²) in [4.78, 5) is 56.8. The molecule has 16 heteroatoms. The molecule has 0 aliphatic heterocycles. The number of alkyl halides is 1. The summed E-state index contributed by atoms with van der Waals surface area (Å²) in [6.45, 7) is 8.44. The molecule has 2 aromatic carbocycles. The van der Waals surface area contributed by atoms with Gasteiger partial charge in [0.05, 0.1) is 18.9 Å². The third kappa shape index (κ3) is 12.4. The van der Waals surface area contributed by atoms with E-state index >= 15 is 0 Å². The van der Waals surface area contributed by atoms with Gasteiger partial charge >= 0.3 is 12.1 Å². The van der Waals surface area contributed by atoms with Crippen LogP contribution in [0.2, 0.25) is 0 Å². The highest BCUT2D eigenvalue weighted by Crippen LogP contribution is 2.39. The zero-order chi connectivity index (χ0) is 38.7. The van der Waals surface area contributed by atoms with Gasteiger partial charge in [0.1, 0.15) is 42.3 Å². The number of alkyl carbamates (subject to hydrolysis) is 1. The van der Waals surface area contributed by atoms with Crippen LogP contribution in [0.3, 0.4) is 0 Å². The number of carbonyl (C=O) groups excluding carboxylic acids is 3. The number of hydrogen-bond acceptors (Lipinski definition) is 8. The molecule has 3 aromatic rings. The average Bonchev–Trinajstić information content (AvgIpc) is 3.44. The molecule has 0 saturated heterocycles. The van der Waals surface area contributed by atoms with Crippen molar-refractivity contribution in [1.82, 2.24) is 24.8 Å². The van der Waals surface area contributed by atoms with E-state index in [9.17, 15) is 42.6 Å². The minimum atomic E-state index is -1.45. The van der Waals surface area contributed by atoms with Gasteiger partial charge < -0.3 is 29.7 Å². The summed E-state index contributed by atoms with van der Waals surface area (Å²) in [5, 5.41) is 22.1. The first-order valence-electron chi connectivity index (χ1n) is 15.9. The van der Waals surface area contributed by atoms with Crippen LogP contribution in [-0.2, 0) is 25.7 Å². The Morgan fingerprint density at radius 1 is 1.02 bits per heavy atom. The van der Waals surface area contributed by atoms with E-state index in [0.717, 1.165) is 23.8 Å². The van der Waals surface area contributed by atoms with E-state index in [-0.39, 0.29) is 36.6 Å². The van der Waals surface area contributed by atoms with Crippen LogP contribution in [0.25, 0.3) is 11.3 Å². The van der Waals surface area contributed by atoms with Crippen LogP contribution >= 0.6 is 0 Å². The Balaban J connectivity index is 0.00000442. The lowest BCUT2D eigenvalue weighted by atomic mass is 9.84. The summed E-state index contributed by atoms with van der Waals surface area (Å²) in [6.07, 6.45) is 0.283. The zero-order valence-electron chi connectivity index (χ0n) is 29.8. The molecule has 3 rings (SSSR count). The van der Waals surface area contributed by atoms with Gasteiger partial charge in [0.2, 0.25) is 5.91 Å². The molecule has 13 nitrogen and oxygen atoms in total. The molecule has 1 aromatic heterocycles. The fraction of sp³-hybridized carbons (Fsp3) is 0.457. The number of carboxylic acids is 1. The number of nitrogens with one attached hydrogen (secondary N) is 1. The van der Waals surface area contributed by atoms with Crippen molar-refractivity contribution in [3.05, 3.63) is 77.8 Å². The average molecular weight is 721 g/mol. The fourth-order valence-electron chi connectivity index (χ4n) is 5.26. The molecule has 0 aliphatic rings. The Morgan fingerprint density at radius 3 is 2.20 bits per heavy atom. The molecule has 2 unspecified atom stereocenters. The Hall–Kier alpha value is -4.96. The number of carbonyl (C=O) groups is 4. The second-order valence-electron chi connectivity index (χ2n) is 13.6. The van der Waals surface area contributed by atoms with Crippen molar-refractivity contribution in [2.75, 3.05) is 26.9 Å². The van der Waals surface area contributed by atoms with Crippen molar-refractivity contribution in [3.8, 4) is 11.3 Å². The van der Waals surface area contributed by atoms with Crippen LogP contribution in [-0.4, -0.2) is 92.1 Å². The minimum Gasteiger partial charge on any atom is -0.480 e. The standard InChI is InChI=1S/C34H44F2N6O7.CH3F/c1-33(2,3)29(30-38-26(23-16-22(35)12-13-24(23)36)18-40(30)17-21-10-8-7-9-11-21)41(27(44)20-43)15-14-25(31(47)42(37)19-28(45)46)39-32(48)49-34(4,5)6;1-2/h7-13,16,18,25,29,43H,14-15,17,19-20,37H2,1-6H3,(H,39,48)(H,45,46);1H3. The zero-order valence-corrected chi connectivity index (χ0v) is 29.8. The Kier molecular flexibility index (Phi) is 15.2. The number of nitrogens with zero attached hydrogens (tertiary/aromatic N) is 4. The highest BCUT2D eigenvalue weighted by atomic mass is 19.1. The monoisotopic (exact) mass is 720 g/mol. The van der Waals surface area contributed by atoms with E-state index in [1.54, 1.807) is 31.5 Å². The van der Waals surface area contributed by atoms with Gasteiger partial charge in [-0.3, -0.25) is 23.8 Å². The number of aromatic nitrogens is 2. The number of halogens is 3. The van der Waals surface area contributed by atoms with Crippen LogP contribution in [0.5, 0.6) is 0 Å². The summed E-state index contributed by atoms with van der Waals surface area (Å²) in [7, 11) is 0.500. The maximum atomic E-state index is 15.0. The number of carboxylic acid groups (broad SMARTS) is 1. The molecule has 0 bridgehead atoms. The molecule has 2 atom stereocenters. The molecule has 51 heavy (non-hydrogen) atoms.